The van der Waals surface area contributed by atoms with Gasteiger partial charge in [0, 0.05) is 44.6 Å². The van der Waals surface area contributed by atoms with Gasteiger partial charge in [-0.3, -0.25) is 4.79 Å². The lowest BCUT2D eigenvalue weighted by Crippen LogP contribution is -2.49. The fourth-order valence-electron chi connectivity index (χ4n) is 2.60. The van der Waals surface area contributed by atoms with Gasteiger partial charge in [0.2, 0.25) is 0 Å². The molecule has 1 aromatic rings. The van der Waals surface area contributed by atoms with E-state index in [2.05, 4.69) is 22.2 Å². The van der Waals surface area contributed by atoms with E-state index in [9.17, 15) is 9.59 Å². The maximum atomic E-state index is 12.3. The lowest BCUT2D eigenvalue weighted by molar-refractivity contribution is 0.235. The van der Waals surface area contributed by atoms with Crippen molar-refractivity contribution in [2.24, 2.45) is 0 Å². The number of nitrogens with zero attached hydrogens (tertiary/aromatic N) is 3. The van der Waals surface area contributed by atoms with Crippen LogP contribution in [-0.2, 0) is 6.54 Å². The molecule has 23 heavy (non-hydrogen) atoms. The Morgan fingerprint density at radius 3 is 2.74 bits per heavy atom. The average Bonchev–Trinajstić information content (AvgIpc) is 2.54. The molecule has 0 spiro atoms. The molecule has 0 atom stereocenters. The highest BCUT2D eigenvalue weighted by Crippen LogP contribution is 2.14. The monoisotopic (exact) mass is 319 g/mol. The third-order valence-corrected chi connectivity index (χ3v) is 3.92. The van der Waals surface area contributed by atoms with Crippen LogP contribution in [-0.4, -0.2) is 41.3 Å². The quantitative estimate of drug-likeness (QED) is 0.797. The molecule has 1 aromatic heterocycles. The SMILES string of the molecule is C=C(C)CNC(=O)NC1CCN(c2nccn(CC)c2=O)CC1. The predicted octanol–water partition coefficient (Wildman–Crippen LogP) is 1.11. The van der Waals surface area contributed by atoms with Gasteiger partial charge < -0.3 is 20.1 Å². The largest absolute Gasteiger partial charge is 0.352 e. The molecule has 2 amide bonds. The van der Waals surface area contributed by atoms with Gasteiger partial charge in [-0.1, -0.05) is 12.2 Å². The predicted molar refractivity (Wildman–Crippen MR) is 90.8 cm³/mol. The molecule has 0 saturated carbocycles. The Morgan fingerprint density at radius 1 is 1.43 bits per heavy atom. The first-order valence-corrected chi connectivity index (χ1v) is 8.00. The normalized spacial score (nSPS) is 15.3. The Bertz CT molecular complexity index is 617. The molecule has 126 valence electrons. The standard InChI is InChI=1S/C16H25N5O2/c1-4-20-10-7-17-14(15(20)22)21-8-5-13(6-9-21)19-16(23)18-11-12(2)3/h7,10,13H,2,4-6,8-9,11H2,1,3H3,(H2,18,19,23). The Morgan fingerprint density at radius 2 is 2.13 bits per heavy atom. The number of carbonyl (C=O) groups excluding carboxylic acids is 1. The van der Waals surface area contributed by atoms with E-state index in [0.29, 0.717) is 32.0 Å². The molecule has 1 aliphatic rings. The van der Waals surface area contributed by atoms with Crippen LogP contribution < -0.4 is 21.1 Å². The molecular weight excluding hydrogens is 294 g/mol. The van der Waals surface area contributed by atoms with Gasteiger partial charge in [-0.15, -0.1) is 0 Å². The molecule has 2 heterocycles. The van der Waals surface area contributed by atoms with Crippen LogP contribution in [0, 0.1) is 0 Å². The summed E-state index contributed by atoms with van der Waals surface area (Å²) in [5.74, 6) is 0.500. The van der Waals surface area contributed by atoms with E-state index in [4.69, 9.17) is 0 Å². The lowest BCUT2D eigenvalue weighted by Gasteiger charge is -2.32. The number of aromatic nitrogens is 2. The van der Waals surface area contributed by atoms with Gasteiger partial charge in [-0.25, -0.2) is 9.78 Å². The zero-order chi connectivity index (χ0) is 16.8. The van der Waals surface area contributed by atoms with E-state index >= 15 is 0 Å². The zero-order valence-electron chi connectivity index (χ0n) is 13.8. The molecule has 2 rings (SSSR count). The van der Waals surface area contributed by atoms with Gasteiger partial charge in [0.05, 0.1) is 0 Å². The van der Waals surface area contributed by atoms with Gasteiger partial charge in [-0.2, -0.15) is 0 Å². The first kappa shape index (κ1) is 17.1. The number of amides is 2. The smallest absolute Gasteiger partial charge is 0.315 e. The van der Waals surface area contributed by atoms with Crippen LogP contribution >= 0.6 is 0 Å². The van der Waals surface area contributed by atoms with Crippen molar-refractivity contribution in [2.75, 3.05) is 24.5 Å². The fourth-order valence-corrected chi connectivity index (χ4v) is 2.60. The average molecular weight is 319 g/mol. The van der Waals surface area contributed by atoms with Crippen LogP contribution in [0.4, 0.5) is 10.6 Å². The molecule has 2 N–H and O–H groups in total. The van der Waals surface area contributed by atoms with Gasteiger partial charge in [0.15, 0.2) is 5.82 Å². The number of aryl methyl sites for hydroxylation is 1. The Hall–Kier alpha value is -2.31. The first-order valence-electron chi connectivity index (χ1n) is 8.00. The van der Waals surface area contributed by atoms with E-state index < -0.39 is 0 Å². The van der Waals surface area contributed by atoms with Crippen molar-refractivity contribution in [2.45, 2.75) is 39.3 Å². The second-order valence-corrected chi connectivity index (χ2v) is 5.89. The van der Waals surface area contributed by atoms with Crippen molar-refractivity contribution in [3.8, 4) is 0 Å². The number of carbonyl (C=O) groups is 1. The van der Waals surface area contributed by atoms with Crippen molar-refractivity contribution in [1.82, 2.24) is 20.2 Å². The summed E-state index contributed by atoms with van der Waals surface area (Å²) < 4.78 is 1.65. The molecule has 1 fully saturated rings. The van der Waals surface area contributed by atoms with Crippen molar-refractivity contribution < 1.29 is 4.79 Å². The van der Waals surface area contributed by atoms with Crippen molar-refractivity contribution >= 4 is 11.8 Å². The highest BCUT2D eigenvalue weighted by atomic mass is 16.2. The second-order valence-electron chi connectivity index (χ2n) is 5.89. The van der Waals surface area contributed by atoms with Crippen LogP contribution in [0.25, 0.3) is 0 Å². The molecule has 1 saturated heterocycles. The minimum atomic E-state index is -0.169. The first-order chi connectivity index (χ1) is 11.0. The summed E-state index contributed by atoms with van der Waals surface area (Å²) in [6.07, 6.45) is 4.95. The molecule has 1 aliphatic heterocycles. The summed E-state index contributed by atoms with van der Waals surface area (Å²) in [6, 6.07) is -0.0499. The molecule has 7 heteroatoms. The van der Waals surface area contributed by atoms with Crippen LogP contribution in [0.3, 0.4) is 0 Å². The van der Waals surface area contributed by atoms with Crippen LogP contribution in [0.1, 0.15) is 26.7 Å². The number of urea groups is 1. The molecular formula is C16H25N5O2. The number of rotatable bonds is 5. The van der Waals surface area contributed by atoms with Gasteiger partial charge in [-0.05, 0) is 26.7 Å². The van der Waals surface area contributed by atoms with Crippen molar-refractivity contribution in [3.63, 3.8) is 0 Å². The number of nitrogens with one attached hydrogen (secondary N) is 2. The lowest BCUT2D eigenvalue weighted by atomic mass is 10.1. The van der Waals surface area contributed by atoms with E-state index in [1.165, 1.54) is 0 Å². The molecule has 0 aromatic carbocycles. The summed E-state index contributed by atoms with van der Waals surface area (Å²) in [5.41, 5.74) is 0.859. The van der Waals surface area contributed by atoms with E-state index in [0.717, 1.165) is 18.4 Å². The Kier molecular flexibility index (Phi) is 5.78. The number of hydrogen-bond donors (Lipinski definition) is 2. The van der Waals surface area contributed by atoms with E-state index in [-0.39, 0.29) is 17.6 Å². The summed E-state index contributed by atoms with van der Waals surface area (Å²) in [7, 11) is 0. The summed E-state index contributed by atoms with van der Waals surface area (Å²) in [5, 5.41) is 5.73. The number of hydrogen-bond acceptors (Lipinski definition) is 4. The fraction of sp³-hybridized carbons (Fsp3) is 0.562. The molecule has 0 bridgehead atoms. The van der Waals surface area contributed by atoms with Crippen LogP contribution in [0.15, 0.2) is 29.3 Å². The molecule has 0 radical (unpaired) electrons. The summed E-state index contributed by atoms with van der Waals surface area (Å²) >= 11 is 0. The number of anilines is 1. The van der Waals surface area contributed by atoms with Crippen molar-refractivity contribution in [3.05, 3.63) is 34.9 Å². The molecule has 0 unspecified atom stereocenters. The zero-order valence-corrected chi connectivity index (χ0v) is 13.8. The summed E-state index contributed by atoms with van der Waals surface area (Å²) in [6.45, 7) is 10.1. The number of piperidine rings is 1. The van der Waals surface area contributed by atoms with Crippen LogP contribution in [0.2, 0.25) is 0 Å². The summed E-state index contributed by atoms with van der Waals surface area (Å²) in [4.78, 5) is 30.3. The second kappa shape index (κ2) is 7.80. The maximum absolute atomic E-state index is 12.3. The third-order valence-electron chi connectivity index (χ3n) is 3.92. The minimum absolute atomic E-state index is 0.0550. The van der Waals surface area contributed by atoms with Gasteiger partial charge in [0.25, 0.3) is 5.56 Å². The van der Waals surface area contributed by atoms with E-state index in [1.54, 1.807) is 17.0 Å². The third kappa shape index (κ3) is 4.58. The highest BCUT2D eigenvalue weighted by molar-refractivity contribution is 5.74. The topological polar surface area (TPSA) is 79.3 Å². The van der Waals surface area contributed by atoms with Gasteiger partial charge in [0.1, 0.15) is 0 Å². The van der Waals surface area contributed by atoms with Crippen LogP contribution in [0.5, 0.6) is 0 Å². The molecule has 0 aliphatic carbocycles. The minimum Gasteiger partial charge on any atom is -0.352 e. The maximum Gasteiger partial charge on any atom is 0.315 e. The Labute approximate surface area is 136 Å². The molecule has 7 nitrogen and oxygen atoms in total. The van der Waals surface area contributed by atoms with Gasteiger partial charge >= 0.3 is 6.03 Å². The van der Waals surface area contributed by atoms with E-state index in [1.807, 2.05) is 18.7 Å². The van der Waals surface area contributed by atoms with Crippen molar-refractivity contribution in [1.29, 1.82) is 0 Å². The Balaban J connectivity index is 1.88. The highest BCUT2D eigenvalue weighted by Gasteiger charge is 2.23.